The highest BCUT2D eigenvalue weighted by Gasteiger charge is 2.25. The van der Waals surface area contributed by atoms with Crippen molar-refractivity contribution in [3.8, 4) is 22.7 Å². The predicted molar refractivity (Wildman–Crippen MR) is 106 cm³/mol. The van der Waals surface area contributed by atoms with Gasteiger partial charge in [0, 0.05) is 36.9 Å². The Morgan fingerprint density at radius 3 is 2.82 bits per heavy atom. The quantitative estimate of drug-likeness (QED) is 0.571. The molecular weight excluding hydrogens is 350 g/mol. The van der Waals surface area contributed by atoms with Gasteiger partial charge in [-0.15, -0.1) is 0 Å². The van der Waals surface area contributed by atoms with Crippen LogP contribution in [0.3, 0.4) is 0 Å². The molecule has 6 heteroatoms. The molecule has 28 heavy (non-hydrogen) atoms. The van der Waals surface area contributed by atoms with E-state index in [2.05, 4.69) is 43.3 Å². The number of aromatic nitrogens is 4. The third-order valence-electron chi connectivity index (χ3n) is 5.31. The molecule has 1 aliphatic rings. The van der Waals surface area contributed by atoms with E-state index in [1.54, 1.807) is 6.20 Å². The lowest BCUT2D eigenvalue weighted by Gasteiger charge is -2.15. The number of pyridine rings is 2. The maximum absolute atomic E-state index is 5.98. The molecule has 1 N–H and O–H groups in total. The predicted octanol–water partition coefficient (Wildman–Crippen LogP) is 4.12. The number of aromatic amines is 1. The van der Waals surface area contributed by atoms with Crippen LogP contribution in [0.1, 0.15) is 23.7 Å². The lowest BCUT2D eigenvalue weighted by molar-refractivity contribution is 0.295. The smallest absolute Gasteiger partial charge is 0.152 e. The average Bonchev–Trinajstić information content (AvgIpc) is 3.51. The summed E-state index contributed by atoms with van der Waals surface area (Å²) < 4.78 is 5.98. The Hall–Kier alpha value is -3.25. The van der Waals surface area contributed by atoms with E-state index in [0.717, 1.165) is 54.5 Å². The number of hydrogen-bond donors (Lipinski definition) is 1. The number of nitrogens with zero attached hydrogens (tertiary/aromatic N) is 4. The van der Waals surface area contributed by atoms with Crippen molar-refractivity contribution in [2.24, 2.45) is 0 Å². The Balaban J connectivity index is 1.26. The molecule has 0 radical (unpaired) electrons. The van der Waals surface area contributed by atoms with Crippen LogP contribution in [0.4, 0.5) is 0 Å². The van der Waals surface area contributed by atoms with E-state index >= 15 is 0 Å². The van der Waals surface area contributed by atoms with E-state index in [1.807, 2.05) is 42.9 Å². The van der Waals surface area contributed by atoms with Gasteiger partial charge < -0.3 is 4.42 Å². The molecule has 0 aromatic carbocycles. The van der Waals surface area contributed by atoms with Gasteiger partial charge in [-0.2, -0.15) is 5.10 Å². The fourth-order valence-electron chi connectivity index (χ4n) is 3.85. The number of H-pyrrole nitrogens is 1. The van der Waals surface area contributed by atoms with E-state index in [4.69, 9.17) is 4.42 Å². The third kappa shape index (κ3) is 3.46. The molecule has 5 heterocycles. The highest BCUT2D eigenvalue weighted by Crippen LogP contribution is 2.30. The van der Waals surface area contributed by atoms with Crippen molar-refractivity contribution in [3.05, 3.63) is 78.6 Å². The number of furan rings is 1. The highest BCUT2D eigenvalue weighted by molar-refractivity contribution is 5.59. The van der Waals surface area contributed by atoms with Gasteiger partial charge >= 0.3 is 0 Å². The van der Waals surface area contributed by atoms with Crippen LogP contribution in [-0.2, 0) is 6.54 Å². The average molecular weight is 371 g/mol. The van der Waals surface area contributed by atoms with Crippen LogP contribution < -0.4 is 0 Å². The zero-order valence-electron chi connectivity index (χ0n) is 15.5. The van der Waals surface area contributed by atoms with Crippen molar-refractivity contribution in [3.63, 3.8) is 0 Å². The highest BCUT2D eigenvalue weighted by atomic mass is 16.3. The second-order valence-electron chi connectivity index (χ2n) is 7.17. The van der Waals surface area contributed by atoms with Crippen LogP contribution in [0, 0.1) is 0 Å². The van der Waals surface area contributed by atoms with Gasteiger partial charge in [-0.25, -0.2) is 0 Å². The third-order valence-corrected chi connectivity index (χ3v) is 5.31. The Labute approximate surface area is 163 Å². The molecule has 0 spiro atoms. The molecule has 1 aliphatic heterocycles. The van der Waals surface area contributed by atoms with Gasteiger partial charge in [0.15, 0.2) is 5.76 Å². The molecule has 1 saturated heterocycles. The van der Waals surface area contributed by atoms with Crippen molar-refractivity contribution in [2.45, 2.75) is 18.9 Å². The van der Waals surface area contributed by atoms with Gasteiger partial charge in [-0.05, 0) is 66.9 Å². The van der Waals surface area contributed by atoms with Crippen molar-refractivity contribution in [1.29, 1.82) is 0 Å². The zero-order valence-corrected chi connectivity index (χ0v) is 15.5. The normalized spacial score (nSPS) is 17.2. The van der Waals surface area contributed by atoms with Crippen molar-refractivity contribution >= 4 is 0 Å². The van der Waals surface area contributed by atoms with Crippen LogP contribution in [0.15, 0.2) is 71.7 Å². The van der Waals surface area contributed by atoms with Gasteiger partial charge in [0.25, 0.3) is 0 Å². The summed E-state index contributed by atoms with van der Waals surface area (Å²) in [7, 11) is 0. The Morgan fingerprint density at radius 1 is 1.04 bits per heavy atom. The first kappa shape index (κ1) is 16.9. The molecule has 4 aromatic rings. The van der Waals surface area contributed by atoms with Gasteiger partial charge in [0.05, 0.1) is 12.2 Å². The molecule has 140 valence electrons. The topological polar surface area (TPSA) is 70.8 Å². The lowest BCUT2D eigenvalue weighted by Crippen LogP contribution is -2.19. The van der Waals surface area contributed by atoms with Gasteiger partial charge in [0.1, 0.15) is 11.5 Å². The lowest BCUT2D eigenvalue weighted by atomic mass is 9.98. The van der Waals surface area contributed by atoms with Crippen molar-refractivity contribution in [2.75, 3.05) is 13.1 Å². The number of nitrogens with one attached hydrogen (secondary N) is 1. The van der Waals surface area contributed by atoms with Gasteiger partial charge in [-0.1, -0.05) is 0 Å². The molecule has 6 nitrogen and oxygen atoms in total. The summed E-state index contributed by atoms with van der Waals surface area (Å²) >= 11 is 0. The molecule has 1 atom stereocenters. The SMILES string of the molecule is c1cc(-c2cc(C3CCN(Cc4ccc(-c5ccn[nH]5)o4)C3)ccn2)ccn1. The molecule has 0 amide bonds. The molecule has 1 fully saturated rings. The van der Waals surface area contributed by atoms with Crippen molar-refractivity contribution < 1.29 is 4.42 Å². The Bertz CT molecular complexity index is 1040. The summed E-state index contributed by atoms with van der Waals surface area (Å²) in [5.41, 5.74) is 4.37. The molecule has 5 rings (SSSR count). The number of hydrogen-bond acceptors (Lipinski definition) is 5. The van der Waals surface area contributed by atoms with Crippen LogP contribution in [-0.4, -0.2) is 38.2 Å². The molecule has 0 aliphatic carbocycles. The summed E-state index contributed by atoms with van der Waals surface area (Å²) in [4.78, 5) is 11.1. The molecule has 0 saturated carbocycles. The first-order valence-corrected chi connectivity index (χ1v) is 9.52. The van der Waals surface area contributed by atoms with Crippen LogP contribution in [0.25, 0.3) is 22.7 Å². The Kier molecular flexibility index (Phi) is 4.47. The minimum atomic E-state index is 0.519. The van der Waals surface area contributed by atoms with E-state index in [1.165, 1.54) is 5.56 Å². The second kappa shape index (κ2) is 7.40. The summed E-state index contributed by atoms with van der Waals surface area (Å²) in [5, 5.41) is 6.92. The molecule has 4 aromatic heterocycles. The maximum atomic E-state index is 5.98. The maximum Gasteiger partial charge on any atom is 0.152 e. The van der Waals surface area contributed by atoms with E-state index in [0.29, 0.717) is 5.92 Å². The number of rotatable bonds is 5. The summed E-state index contributed by atoms with van der Waals surface area (Å²) in [6.07, 6.45) is 8.41. The standard InChI is InChI=1S/C22H21N5O/c1-2-22(20-6-11-25-26-20)28-19(1)15-27-12-7-18(14-27)17-5-10-24-21(13-17)16-3-8-23-9-4-16/h1-6,8-11,13,18H,7,12,14-15H2,(H,25,26). The van der Waals surface area contributed by atoms with E-state index in [-0.39, 0.29) is 0 Å². The van der Waals surface area contributed by atoms with Crippen LogP contribution in [0.2, 0.25) is 0 Å². The van der Waals surface area contributed by atoms with E-state index < -0.39 is 0 Å². The van der Waals surface area contributed by atoms with Crippen molar-refractivity contribution in [1.82, 2.24) is 25.1 Å². The summed E-state index contributed by atoms with van der Waals surface area (Å²) in [5.74, 6) is 2.34. The molecule has 0 bridgehead atoms. The molecular formula is C22H21N5O. The largest absolute Gasteiger partial charge is 0.458 e. The first-order chi connectivity index (χ1) is 13.8. The van der Waals surface area contributed by atoms with Gasteiger partial charge in [-0.3, -0.25) is 20.0 Å². The minimum Gasteiger partial charge on any atom is -0.458 e. The fraction of sp³-hybridized carbons (Fsp3) is 0.227. The fourth-order valence-corrected chi connectivity index (χ4v) is 3.85. The molecule has 1 unspecified atom stereocenters. The number of likely N-dealkylation sites (tertiary alicyclic amines) is 1. The minimum absolute atomic E-state index is 0.519. The first-order valence-electron chi connectivity index (χ1n) is 9.52. The van der Waals surface area contributed by atoms with Crippen LogP contribution in [0.5, 0.6) is 0 Å². The monoisotopic (exact) mass is 371 g/mol. The van der Waals surface area contributed by atoms with Gasteiger partial charge in [0.2, 0.25) is 0 Å². The Morgan fingerprint density at radius 2 is 1.96 bits per heavy atom. The van der Waals surface area contributed by atoms with Crippen LogP contribution >= 0.6 is 0 Å². The summed E-state index contributed by atoms with van der Waals surface area (Å²) in [6.45, 7) is 2.92. The van der Waals surface area contributed by atoms with E-state index in [9.17, 15) is 0 Å². The summed E-state index contributed by atoms with van der Waals surface area (Å²) in [6, 6.07) is 14.3. The second-order valence-corrected chi connectivity index (χ2v) is 7.17. The zero-order chi connectivity index (χ0) is 18.8.